The van der Waals surface area contributed by atoms with Gasteiger partial charge in [0.15, 0.2) is 6.10 Å². The number of hydrogen-bond acceptors (Lipinski definition) is 6. The van der Waals surface area contributed by atoms with Crippen molar-refractivity contribution in [2.24, 2.45) is 0 Å². The fourth-order valence-electron chi connectivity index (χ4n) is 3.31. The lowest BCUT2D eigenvalue weighted by molar-refractivity contribution is -0.147. The lowest BCUT2D eigenvalue weighted by Crippen LogP contribution is -2.51. The number of carboxylic acid groups (broad SMARTS) is 1. The van der Waals surface area contributed by atoms with Crippen molar-refractivity contribution in [2.75, 3.05) is 6.61 Å². The molecule has 0 bridgehead atoms. The van der Waals surface area contributed by atoms with Crippen LogP contribution in [0.25, 0.3) is 11.1 Å². The fraction of sp³-hybridized carbons (Fsp3) is 0.273. The normalized spacial score (nSPS) is 17.0. The summed E-state index contributed by atoms with van der Waals surface area (Å²) in [6.07, 6.45) is -2.00. The van der Waals surface area contributed by atoms with Crippen molar-refractivity contribution >= 4 is 35.3 Å². The van der Waals surface area contributed by atoms with Gasteiger partial charge in [-0.1, -0.05) is 54.1 Å². The highest BCUT2D eigenvalue weighted by molar-refractivity contribution is 6.35. The molecule has 3 atom stereocenters. The first kappa shape index (κ1) is 24.2. The highest BCUT2D eigenvalue weighted by Crippen LogP contribution is 2.29. The molecule has 0 aromatic heterocycles. The molecule has 174 valence electrons. The fourth-order valence-corrected chi connectivity index (χ4v) is 3.62. The van der Waals surface area contributed by atoms with Crippen LogP contribution in [-0.2, 0) is 30.4 Å². The summed E-state index contributed by atoms with van der Waals surface area (Å²) in [5.74, 6) is -4.23. The van der Waals surface area contributed by atoms with Crippen LogP contribution >= 0.6 is 11.6 Å². The van der Waals surface area contributed by atoms with Gasteiger partial charge >= 0.3 is 17.8 Å². The van der Waals surface area contributed by atoms with Gasteiger partial charge in [0.2, 0.25) is 0 Å². The van der Waals surface area contributed by atoms with E-state index in [0.717, 1.165) is 11.1 Å². The first-order valence-electron chi connectivity index (χ1n) is 10.0. The summed E-state index contributed by atoms with van der Waals surface area (Å²) in [6, 6.07) is 12.8. The van der Waals surface area contributed by atoms with Crippen LogP contribution in [0.3, 0.4) is 0 Å². The van der Waals surface area contributed by atoms with E-state index in [1.807, 2.05) is 30.3 Å². The molecular weight excluding hydrogens is 454 g/mol. The molecule has 33 heavy (non-hydrogen) atoms. The molecule has 1 aliphatic rings. The van der Waals surface area contributed by atoms with Crippen LogP contribution in [0.15, 0.2) is 48.5 Å². The molecule has 0 spiro atoms. The van der Waals surface area contributed by atoms with E-state index in [4.69, 9.17) is 16.7 Å². The van der Waals surface area contributed by atoms with E-state index in [-0.39, 0.29) is 19.4 Å². The number of hydrogen-bond donors (Lipinski definition) is 5. The standard InChI is InChI=1S/C22H22ClN3O7/c23-16-9-12(6-7-15(16)13-4-2-1-3-5-13)8-14(10-18(27)22(31)32)24-20(29)21(30)25-17-11-33-26-19(17)28/h1-7,9,14,17-18,27H,8,10-11H2,(H,24,29)(H,25,30)(H,26,28)(H,31,32)/t14-,17-,18-/m1/s1. The second-order valence-corrected chi connectivity index (χ2v) is 7.86. The maximum absolute atomic E-state index is 12.3. The third-order valence-electron chi connectivity index (χ3n) is 4.98. The van der Waals surface area contributed by atoms with Gasteiger partial charge in [0.25, 0.3) is 5.91 Å². The van der Waals surface area contributed by atoms with Crippen LogP contribution in [0.1, 0.15) is 12.0 Å². The van der Waals surface area contributed by atoms with Crippen LogP contribution in [0, 0.1) is 0 Å². The minimum absolute atomic E-state index is 0.102. The van der Waals surface area contributed by atoms with Crippen molar-refractivity contribution in [2.45, 2.75) is 31.0 Å². The summed E-state index contributed by atoms with van der Waals surface area (Å²) in [5, 5.41) is 23.9. The molecule has 1 fully saturated rings. The van der Waals surface area contributed by atoms with E-state index in [2.05, 4.69) is 21.0 Å². The summed E-state index contributed by atoms with van der Waals surface area (Å²) in [4.78, 5) is 51.8. The molecule has 5 N–H and O–H groups in total. The Bertz CT molecular complexity index is 1050. The summed E-state index contributed by atoms with van der Waals surface area (Å²) in [5.41, 5.74) is 4.42. The molecule has 0 aliphatic carbocycles. The SMILES string of the molecule is O=C(N[C@H](Cc1ccc(-c2ccccc2)c(Cl)c1)C[C@@H](O)C(=O)O)C(=O)N[C@@H]1CONC1=O. The van der Waals surface area contributed by atoms with E-state index < -0.39 is 41.9 Å². The summed E-state index contributed by atoms with van der Waals surface area (Å²) in [7, 11) is 0. The van der Waals surface area contributed by atoms with Gasteiger partial charge in [-0.15, -0.1) is 0 Å². The van der Waals surface area contributed by atoms with Gasteiger partial charge in [-0.05, 0) is 23.6 Å². The van der Waals surface area contributed by atoms with Crippen molar-refractivity contribution in [3.05, 3.63) is 59.1 Å². The molecule has 10 nitrogen and oxygen atoms in total. The largest absolute Gasteiger partial charge is 0.479 e. The number of carbonyl (C=O) groups is 4. The number of hydroxylamine groups is 1. The Morgan fingerprint density at radius 2 is 1.88 bits per heavy atom. The number of carboxylic acids is 1. The van der Waals surface area contributed by atoms with Crippen molar-refractivity contribution in [3.63, 3.8) is 0 Å². The van der Waals surface area contributed by atoms with Crippen LogP contribution in [0.4, 0.5) is 0 Å². The summed E-state index contributed by atoms with van der Waals surface area (Å²) >= 11 is 6.42. The van der Waals surface area contributed by atoms with Crippen LogP contribution in [0.5, 0.6) is 0 Å². The molecule has 2 aromatic carbocycles. The molecule has 1 saturated heterocycles. The number of aliphatic hydroxyl groups excluding tert-OH is 1. The number of aliphatic hydroxyl groups is 1. The van der Waals surface area contributed by atoms with Crippen molar-refractivity contribution in [1.29, 1.82) is 0 Å². The van der Waals surface area contributed by atoms with Gasteiger partial charge in [0.1, 0.15) is 12.6 Å². The first-order valence-corrected chi connectivity index (χ1v) is 10.4. The zero-order valence-corrected chi connectivity index (χ0v) is 18.0. The minimum atomic E-state index is -1.76. The van der Waals surface area contributed by atoms with E-state index in [9.17, 15) is 24.3 Å². The third-order valence-corrected chi connectivity index (χ3v) is 5.29. The van der Waals surface area contributed by atoms with E-state index in [0.29, 0.717) is 10.6 Å². The van der Waals surface area contributed by atoms with Crippen molar-refractivity contribution in [3.8, 4) is 11.1 Å². The van der Waals surface area contributed by atoms with Gasteiger partial charge in [-0.25, -0.2) is 10.3 Å². The van der Waals surface area contributed by atoms with Gasteiger partial charge in [0, 0.05) is 23.0 Å². The summed E-state index contributed by atoms with van der Waals surface area (Å²) in [6.45, 7) is -0.134. The second-order valence-electron chi connectivity index (χ2n) is 7.45. The Labute approximate surface area is 193 Å². The number of rotatable bonds is 8. The highest BCUT2D eigenvalue weighted by Gasteiger charge is 2.30. The third kappa shape index (κ3) is 6.51. The number of amides is 3. The molecular formula is C22H22ClN3O7. The molecule has 0 saturated carbocycles. The van der Waals surface area contributed by atoms with E-state index in [1.165, 1.54) is 0 Å². The first-order chi connectivity index (χ1) is 15.7. The van der Waals surface area contributed by atoms with Crippen molar-refractivity contribution in [1.82, 2.24) is 16.1 Å². The zero-order chi connectivity index (χ0) is 24.0. The van der Waals surface area contributed by atoms with E-state index >= 15 is 0 Å². The number of carbonyl (C=O) groups excluding carboxylic acids is 3. The number of benzene rings is 2. The Balaban J connectivity index is 1.71. The zero-order valence-electron chi connectivity index (χ0n) is 17.3. The quantitative estimate of drug-likeness (QED) is 0.346. The summed E-state index contributed by atoms with van der Waals surface area (Å²) < 4.78 is 0. The lowest BCUT2D eigenvalue weighted by Gasteiger charge is -2.21. The highest BCUT2D eigenvalue weighted by atomic mass is 35.5. The number of aliphatic carboxylic acids is 1. The molecule has 11 heteroatoms. The van der Waals surface area contributed by atoms with Crippen LogP contribution in [0.2, 0.25) is 5.02 Å². The van der Waals surface area contributed by atoms with Gasteiger partial charge < -0.3 is 20.8 Å². The van der Waals surface area contributed by atoms with Crippen LogP contribution in [-0.4, -0.2) is 58.7 Å². The Morgan fingerprint density at radius 3 is 2.48 bits per heavy atom. The van der Waals surface area contributed by atoms with Gasteiger partial charge in [-0.2, -0.15) is 0 Å². The van der Waals surface area contributed by atoms with E-state index in [1.54, 1.807) is 18.2 Å². The van der Waals surface area contributed by atoms with Gasteiger partial charge in [0.05, 0.1) is 0 Å². The molecule has 3 amide bonds. The molecule has 1 aliphatic heterocycles. The smallest absolute Gasteiger partial charge is 0.332 e. The molecule has 0 unspecified atom stereocenters. The Kier molecular flexibility index (Phi) is 7.99. The predicted molar refractivity (Wildman–Crippen MR) is 117 cm³/mol. The average Bonchev–Trinajstić information content (AvgIpc) is 3.18. The van der Waals surface area contributed by atoms with Crippen LogP contribution < -0.4 is 16.1 Å². The molecule has 2 aromatic rings. The molecule has 1 heterocycles. The van der Waals surface area contributed by atoms with Gasteiger partial charge in [-0.3, -0.25) is 19.2 Å². The molecule has 3 rings (SSSR count). The minimum Gasteiger partial charge on any atom is -0.479 e. The maximum atomic E-state index is 12.3. The Hall–Kier alpha value is -3.47. The Morgan fingerprint density at radius 1 is 1.15 bits per heavy atom. The molecule has 0 radical (unpaired) electrons. The number of halogens is 1. The topological polar surface area (TPSA) is 154 Å². The average molecular weight is 476 g/mol. The lowest BCUT2D eigenvalue weighted by atomic mass is 9.97. The number of nitrogens with one attached hydrogen (secondary N) is 3. The predicted octanol–water partition coefficient (Wildman–Crippen LogP) is 0.416. The van der Waals surface area contributed by atoms with Crippen molar-refractivity contribution < 1.29 is 34.2 Å². The second kappa shape index (κ2) is 10.9. The monoisotopic (exact) mass is 475 g/mol. The maximum Gasteiger partial charge on any atom is 0.332 e.